The number of halogens is 2. The lowest BCUT2D eigenvalue weighted by Crippen LogP contribution is -2.48. The van der Waals surface area contributed by atoms with Crippen molar-refractivity contribution in [2.75, 3.05) is 25.1 Å². The van der Waals surface area contributed by atoms with Gasteiger partial charge in [0, 0.05) is 30.1 Å². The average Bonchev–Trinajstić information content (AvgIpc) is 3.18. The molecule has 1 saturated heterocycles. The van der Waals surface area contributed by atoms with Gasteiger partial charge in [0.25, 0.3) is 0 Å². The Morgan fingerprint density at radius 3 is 2.65 bits per heavy atom. The second kappa shape index (κ2) is 9.10. The van der Waals surface area contributed by atoms with Gasteiger partial charge in [-0.15, -0.1) is 24.0 Å². The largest absolute Gasteiger partial charge is 0.356 e. The molecule has 0 bridgehead atoms. The maximum atomic E-state index is 11.6. The van der Waals surface area contributed by atoms with E-state index in [1.54, 1.807) is 7.05 Å². The molecular weight excluding hydrogens is 485 g/mol. The molecule has 0 radical (unpaired) electrons. The number of benzene rings is 1. The van der Waals surface area contributed by atoms with Crippen molar-refractivity contribution in [2.24, 2.45) is 4.99 Å². The van der Waals surface area contributed by atoms with E-state index in [-0.39, 0.29) is 46.9 Å². The van der Waals surface area contributed by atoms with Crippen LogP contribution in [0.5, 0.6) is 0 Å². The van der Waals surface area contributed by atoms with Gasteiger partial charge >= 0.3 is 0 Å². The first-order valence-electron chi connectivity index (χ1n) is 8.86. The molecule has 2 N–H and O–H groups in total. The highest BCUT2D eigenvalue weighted by Crippen LogP contribution is 2.41. The molecular formula is C18H27ClIN3O2S. The summed E-state index contributed by atoms with van der Waals surface area (Å²) < 4.78 is 23.3. The maximum absolute atomic E-state index is 11.6. The van der Waals surface area contributed by atoms with Crippen molar-refractivity contribution in [2.45, 2.75) is 43.6 Å². The van der Waals surface area contributed by atoms with E-state index in [1.807, 2.05) is 12.1 Å². The fourth-order valence-electron chi connectivity index (χ4n) is 3.99. The molecule has 146 valence electrons. The molecule has 2 aliphatic rings. The van der Waals surface area contributed by atoms with Gasteiger partial charge in [-0.2, -0.15) is 0 Å². The van der Waals surface area contributed by atoms with Gasteiger partial charge in [-0.05, 0) is 37.0 Å². The Bertz CT molecular complexity index is 749. The van der Waals surface area contributed by atoms with Crippen LogP contribution in [0.2, 0.25) is 5.02 Å². The highest BCUT2D eigenvalue weighted by atomic mass is 127. The van der Waals surface area contributed by atoms with Gasteiger partial charge in [0.05, 0.1) is 11.5 Å². The summed E-state index contributed by atoms with van der Waals surface area (Å²) in [6.07, 6.45) is 5.30. The first-order valence-corrected chi connectivity index (χ1v) is 11.1. The van der Waals surface area contributed by atoms with Crippen LogP contribution in [0.3, 0.4) is 0 Å². The van der Waals surface area contributed by atoms with Crippen LogP contribution < -0.4 is 10.6 Å². The Balaban J connectivity index is 0.00000243. The molecule has 1 aromatic rings. The maximum Gasteiger partial charge on any atom is 0.191 e. The molecule has 8 heteroatoms. The van der Waals surface area contributed by atoms with Crippen LogP contribution in [0.1, 0.15) is 37.7 Å². The van der Waals surface area contributed by atoms with E-state index in [4.69, 9.17) is 11.6 Å². The number of aliphatic imine (C=N–C) groups is 1. The number of sulfone groups is 1. The zero-order chi connectivity index (χ0) is 17.9. The summed E-state index contributed by atoms with van der Waals surface area (Å²) in [4.78, 5) is 4.28. The van der Waals surface area contributed by atoms with Gasteiger partial charge < -0.3 is 10.6 Å². The molecule has 3 rings (SSSR count). The lowest BCUT2D eigenvalue weighted by Gasteiger charge is -2.31. The van der Waals surface area contributed by atoms with E-state index in [0.717, 1.165) is 24.4 Å². The number of nitrogens with one attached hydrogen (secondary N) is 2. The molecule has 1 unspecified atom stereocenters. The molecule has 26 heavy (non-hydrogen) atoms. The quantitative estimate of drug-likeness (QED) is 0.370. The Morgan fingerprint density at radius 1 is 1.35 bits per heavy atom. The minimum atomic E-state index is -2.90. The third-order valence-electron chi connectivity index (χ3n) is 5.39. The molecule has 1 atom stereocenters. The summed E-state index contributed by atoms with van der Waals surface area (Å²) in [5.74, 6) is 1.12. The minimum Gasteiger partial charge on any atom is -0.356 e. The lowest BCUT2D eigenvalue weighted by atomic mass is 9.79. The van der Waals surface area contributed by atoms with Gasteiger partial charge in [-0.1, -0.05) is 36.6 Å². The van der Waals surface area contributed by atoms with Crippen LogP contribution in [-0.4, -0.2) is 45.5 Å². The summed E-state index contributed by atoms with van der Waals surface area (Å²) in [7, 11) is -1.18. The molecule has 1 saturated carbocycles. The normalized spacial score (nSPS) is 24.1. The number of nitrogens with zero attached hydrogens (tertiary/aromatic N) is 1. The molecule has 1 aliphatic carbocycles. The molecule has 0 amide bonds. The monoisotopic (exact) mass is 511 g/mol. The van der Waals surface area contributed by atoms with Crippen molar-refractivity contribution >= 4 is 51.4 Å². The van der Waals surface area contributed by atoms with Crippen molar-refractivity contribution in [1.29, 1.82) is 0 Å². The lowest BCUT2D eigenvalue weighted by molar-refractivity contribution is 0.430. The Hall–Kier alpha value is -0.540. The van der Waals surface area contributed by atoms with Crippen molar-refractivity contribution in [3.8, 4) is 0 Å². The standard InChI is InChI=1S/C18H26ClN3O2S.HI/c1-20-17(22-16-7-10-25(23,24)12-16)21-13-18(8-2-3-9-18)14-5-4-6-15(19)11-14;/h4-6,11,16H,2-3,7-10,12-13H2,1H3,(H2,20,21,22);1H. The first-order chi connectivity index (χ1) is 11.9. The SMILES string of the molecule is CN=C(NCC1(c2cccc(Cl)c2)CCCC1)NC1CCS(=O)(=O)C1.I. The Morgan fingerprint density at radius 2 is 2.08 bits per heavy atom. The molecule has 5 nitrogen and oxygen atoms in total. The van der Waals surface area contributed by atoms with Crippen LogP contribution >= 0.6 is 35.6 Å². The van der Waals surface area contributed by atoms with Crippen molar-refractivity contribution in [3.05, 3.63) is 34.9 Å². The number of hydrogen-bond donors (Lipinski definition) is 2. The summed E-state index contributed by atoms with van der Waals surface area (Å²) in [6, 6.07) is 8.07. The molecule has 1 aliphatic heterocycles. The molecule has 1 aromatic carbocycles. The predicted molar refractivity (Wildman–Crippen MR) is 119 cm³/mol. The van der Waals surface area contributed by atoms with Crippen LogP contribution in [0, 0.1) is 0 Å². The Labute approximate surface area is 178 Å². The fraction of sp³-hybridized carbons (Fsp3) is 0.611. The average molecular weight is 512 g/mol. The van der Waals surface area contributed by atoms with Crippen molar-refractivity contribution in [3.63, 3.8) is 0 Å². The molecule has 1 heterocycles. The third-order valence-corrected chi connectivity index (χ3v) is 7.39. The minimum absolute atomic E-state index is 0. The van der Waals surface area contributed by atoms with Gasteiger partial charge in [-0.3, -0.25) is 4.99 Å². The smallest absolute Gasteiger partial charge is 0.191 e. The van der Waals surface area contributed by atoms with Crippen LogP contribution in [0.25, 0.3) is 0 Å². The zero-order valence-corrected chi connectivity index (χ0v) is 18.9. The van der Waals surface area contributed by atoms with Crippen molar-refractivity contribution < 1.29 is 8.42 Å². The number of hydrogen-bond acceptors (Lipinski definition) is 3. The summed E-state index contributed by atoms with van der Waals surface area (Å²) in [5.41, 5.74) is 1.33. The van der Waals surface area contributed by atoms with E-state index >= 15 is 0 Å². The molecule has 0 spiro atoms. The van der Waals surface area contributed by atoms with E-state index in [2.05, 4.69) is 27.8 Å². The molecule has 2 fully saturated rings. The van der Waals surface area contributed by atoms with Crippen LogP contribution in [0.15, 0.2) is 29.3 Å². The predicted octanol–water partition coefficient (Wildman–Crippen LogP) is 3.12. The van der Waals surface area contributed by atoms with E-state index in [9.17, 15) is 8.42 Å². The van der Waals surface area contributed by atoms with E-state index in [0.29, 0.717) is 12.4 Å². The number of guanidine groups is 1. The van der Waals surface area contributed by atoms with Gasteiger partial charge in [-0.25, -0.2) is 8.42 Å². The second-order valence-electron chi connectivity index (χ2n) is 7.17. The zero-order valence-electron chi connectivity index (χ0n) is 15.0. The number of rotatable bonds is 4. The van der Waals surface area contributed by atoms with Crippen LogP contribution in [-0.2, 0) is 15.3 Å². The topological polar surface area (TPSA) is 70.6 Å². The van der Waals surface area contributed by atoms with Crippen LogP contribution in [0.4, 0.5) is 0 Å². The second-order valence-corrected chi connectivity index (χ2v) is 9.83. The summed E-state index contributed by atoms with van der Waals surface area (Å²) in [6.45, 7) is 0.770. The highest BCUT2D eigenvalue weighted by Gasteiger charge is 2.36. The fourth-order valence-corrected chi connectivity index (χ4v) is 5.85. The third kappa shape index (κ3) is 5.25. The van der Waals surface area contributed by atoms with Gasteiger partial charge in [0.1, 0.15) is 0 Å². The summed E-state index contributed by atoms with van der Waals surface area (Å²) in [5, 5.41) is 7.45. The van der Waals surface area contributed by atoms with Gasteiger partial charge in [0.15, 0.2) is 15.8 Å². The van der Waals surface area contributed by atoms with Gasteiger partial charge in [0.2, 0.25) is 0 Å². The highest BCUT2D eigenvalue weighted by molar-refractivity contribution is 14.0. The Kier molecular flexibility index (Phi) is 7.62. The summed E-state index contributed by atoms with van der Waals surface area (Å²) >= 11 is 6.20. The van der Waals surface area contributed by atoms with E-state index < -0.39 is 9.84 Å². The first kappa shape index (κ1) is 21.8. The van der Waals surface area contributed by atoms with Crippen molar-refractivity contribution in [1.82, 2.24) is 10.6 Å². The molecule has 0 aromatic heterocycles. The van der Waals surface area contributed by atoms with E-state index in [1.165, 1.54) is 18.4 Å².